The van der Waals surface area contributed by atoms with E-state index >= 15 is 0 Å². The highest BCUT2D eigenvalue weighted by atomic mass is 16.5. The highest BCUT2D eigenvalue weighted by molar-refractivity contribution is 5.92. The number of hydrogen-bond acceptors (Lipinski definition) is 4. The number of anilines is 1. The van der Waals surface area contributed by atoms with Gasteiger partial charge >= 0.3 is 0 Å². The first-order valence-corrected chi connectivity index (χ1v) is 7.64. The number of aryl methyl sites for hydroxylation is 1. The molecule has 0 bridgehead atoms. The van der Waals surface area contributed by atoms with Crippen LogP contribution in [0.2, 0.25) is 0 Å². The largest absolute Gasteiger partial charge is 0.496 e. The van der Waals surface area contributed by atoms with Crippen molar-refractivity contribution in [3.05, 3.63) is 59.2 Å². The van der Waals surface area contributed by atoms with Gasteiger partial charge in [0, 0.05) is 17.8 Å². The number of amides is 1. The van der Waals surface area contributed by atoms with E-state index in [2.05, 4.69) is 11.4 Å². The first-order chi connectivity index (χ1) is 11.5. The number of carbonyl (C=O) groups is 1. The molecule has 1 N–H and O–H groups in total. The van der Waals surface area contributed by atoms with Crippen LogP contribution in [0.1, 0.15) is 16.7 Å². The Kier molecular flexibility index (Phi) is 5.94. The number of nitriles is 1. The molecule has 0 saturated carbocycles. The standard InChI is InChI=1S/C19H21N3O2/c1-14-4-9-18(24-3)16(10-14)12-22(2)13-19(23)21-17-7-5-15(11-20)6-8-17/h4-10H,12-13H2,1-3H3,(H,21,23). The summed E-state index contributed by atoms with van der Waals surface area (Å²) in [5.41, 5.74) is 3.45. The van der Waals surface area contributed by atoms with Crippen molar-refractivity contribution in [3.8, 4) is 11.8 Å². The molecule has 0 heterocycles. The van der Waals surface area contributed by atoms with E-state index in [9.17, 15) is 4.79 Å². The average Bonchev–Trinajstić information content (AvgIpc) is 2.55. The summed E-state index contributed by atoms with van der Waals surface area (Å²) in [6, 6.07) is 14.9. The maximum Gasteiger partial charge on any atom is 0.238 e. The summed E-state index contributed by atoms with van der Waals surface area (Å²) in [6.07, 6.45) is 0. The van der Waals surface area contributed by atoms with E-state index < -0.39 is 0 Å². The van der Waals surface area contributed by atoms with Gasteiger partial charge in [-0.1, -0.05) is 17.7 Å². The molecule has 0 radical (unpaired) electrons. The van der Waals surface area contributed by atoms with Gasteiger partial charge in [-0.05, 0) is 44.3 Å². The van der Waals surface area contributed by atoms with Crippen molar-refractivity contribution in [1.29, 1.82) is 5.26 Å². The van der Waals surface area contributed by atoms with E-state index in [0.29, 0.717) is 17.8 Å². The summed E-state index contributed by atoms with van der Waals surface area (Å²) in [5, 5.41) is 11.6. The Morgan fingerprint density at radius 1 is 1.25 bits per heavy atom. The minimum atomic E-state index is -0.103. The average molecular weight is 323 g/mol. The van der Waals surface area contributed by atoms with Gasteiger partial charge in [0.1, 0.15) is 5.75 Å². The van der Waals surface area contributed by atoms with Crippen LogP contribution >= 0.6 is 0 Å². The van der Waals surface area contributed by atoms with Gasteiger partial charge in [0.15, 0.2) is 0 Å². The predicted octanol–water partition coefficient (Wildman–Crippen LogP) is 2.95. The number of methoxy groups -OCH3 is 1. The Bertz CT molecular complexity index is 748. The molecule has 2 rings (SSSR count). The topological polar surface area (TPSA) is 65.4 Å². The number of nitrogens with zero attached hydrogens (tertiary/aromatic N) is 2. The van der Waals surface area contributed by atoms with Crippen molar-refractivity contribution in [3.63, 3.8) is 0 Å². The van der Waals surface area contributed by atoms with Gasteiger partial charge in [-0.15, -0.1) is 0 Å². The molecule has 0 saturated heterocycles. The smallest absolute Gasteiger partial charge is 0.238 e. The fourth-order valence-electron chi connectivity index (χ4n) is 2.45. The fraction of sp³-hybridized carbons (Fsp3) is 0.263. The molecule has 0 aliphatic carbocycles. The van der Waals surface area contributed by atoms with E-state index in [0.717, 1.165) is 16.9 Å². The highest BCUT2D eigenvalue weighted by Gasteiger charge is 2.11. The summed E-state index contributed by atoms with van der Waals surface area (Å²) in [4.78, 5) is 14.1. The van der Waals surface area contributed by atoms with Gasteiger partial charge in [0.25, 0.3) is 0 Å². The number of likely N-dealkylation sites (N-methyl/N-ethyl adjacent to an activating group) is 1. The quantitative estimate of drug-likeness (QED) is 0.887. The summed E-state index contributed by atoms with van der Waals surface area (Å²) < 4.78 is 5.37. The third-order valence-electron chi connectivity index (χ3n) is 3.59. The first kappa shape index (κ1) is 17.5. The molecule has 1 amide bonds. The first-order valence-electron chi connectivity index (χ1n) is 7.64. The van der Waals surface area contributed by atoms with Crippen molar-refractivity contribution in [2.75, 3.05) is 26.0 Å². The Hall–Kier alpha value is -2.84. The second-order valence-corrected chi connectivity index (χ2v) is 5.72. The van der Waals surface area contributed by atoms with Crippen molar-refractivity contribution in [2.45, 2.75) is 13.5 Å². The van der Waals surface area contributed by atoms with E-state index in [1.165, 1.54) is 0 Å². The molecule has 124 valence electrons. The maximum absolute atomic E-state index is 12.1. The molecule has 0 aliphatic rings. The van der Waals surface area contributed by atoms with Crippen molar-refractivity contribution < 1.29 is 9.53 Å². The summed E-state index contributed by atoms with van der Waals surface area (Å²) in [7, 11) is 3.53. The van der Waals surface area contributed by atoms with Crippen LogP contribution in [0.25, 0.3) is 0 Å². The van der Waals surface area contributed by atoms with Crippen LogP contribution < -0.4 is 10.1 Å². The highest BCUT2D eigenvalue weighted by Crippen LogP contribution is 2.21. The van der Waals surface area contributed by atoms with Crippen LogP contribution in [-0.2, 0) is 11.3 Å². The van der Waals surface area contributed by atoms with Gasteiger partial charge in [0.05, 0.1) is 25.3 Å². The molecular formula is C19H21N3O2. The van der Waals surface area contributed by atoms with Crippen LogP contribution in [0.3, 0.4) is 0 Å². The monoisotopic (exact) mass is 323 g/mol. The predicted molar refractivity (Wildman–Crippen MR) is 93.9 cm³/mol. The van der Waals surface area contributed by atoms with Crippen LogP contribution in [0.5, 0.6) is 5.75 Å². The molecule has 5 nitrogen and oxygen atoms in total. The van der Waals surface area contributed by atoms with Crippen LogP contribution in [0.15, 0.2) is 42.5 Å². The number of carbonyl (C=O) groups excluding carboxylic acids is 1. The number of rotatable bonds is 6. The lowest BCUT2D eigenvalue weighted by Crippen LogP contribution is -2.30. The van der Waals surface area contributed by atoms with Crippen LogP contribution in [-0.4, -0.2) is 31.5 Å². The lowest BCUT2D eigenvalue weighted by Gasteiger charge is -2.18. The number of ether oxygens (including phenoxy) is 1. The molecular weight excluding hydrogens is 302 g/mol. The molecule has 0 spiro atoms. The minimum Gasteiger partial charge on any atom is -0.496 e. The van der Waals surface area contributed by atoms with Gasteiger partial charge in [-0.25, -0.2) is 0 Å². The minimum absolute atomic E-state index is 0.103. The zero-order chi connectivity index (χ0) is 17.5. The van der Waals surface area contributed by atoms with Crippen molar-refractivity contribution in [2.24, 2.45) is 0 Å². The Morgan fingerprint density at radius 2 is 1.96 bits per heavy atom. The SMILES string of the molecule is COc1ccc(C)cc1CN(C)CC(=O)Nc1ccc(C#N)cc1. The molecule has 5 heteroatoms. The molecule has 0 fully saturated rings. The molecule has 2 aromatic rings. The Balaban J connectivity index is 1.94. The van der Waals surface area contributed by atoms with Crippen LogP contribution in [0, 0.1) is 18.3 Å². The van der Waals surface area contributed by atoms with Gasteiger partial charge in [-0.2, -0.15) is 5.26 Å². The second kappa shape index (κ2) is 8.14. The summed E-state index contributed by atoms with van der Waals surface area (Å²) in [6.45, 7) is 2.91. The van der Waals surface area contributed by atoms with Crippen LogP contribution in [0.4, 0.5) is 5.69 Å². The van der Waals surface area contributed by atoms with E-state index in [4.69, 9.17) is 10.00 Å². The van der Waals surface area contributed by atoms with Gasteiger partial charge in [-0.3, -0.25) is 9.69 Å². The number of benzene rings is 2. The van der Waals surface area contributed by atoms with Gasteiger partial charge in [0.2, 0.25) is 5.91 Å². The Labute approximate surface area is 142 Å². The van der Waals surface area contributed by atoms with Crippen molar-refractivity contribution in [1.82, 2.24) is 4.90 Å². The molecule has 0 unspecified atom stereocenters. The van der Waals surface area contributed by atoms with E-state index in [1.807, 2.05) is 37.1 Å². The van der Waals surface area contributed by atoms with Gasteiger partial charge < -0.3 is 10.1 Å². The number of nitrogens with one attached hydrogen (secondary N) is 1. The zero-order valence-corrected chi connectivity index (χ0v) is 14.2. The molecule has 0 aromatic heterocycles. The third kappa shape index (κ3) is 4.83. The molecule has 24 heavy (non-hydrogen) atoms. The molecule has 2 aromatic carbocycles. The zero-order valence-electron chi connectivity index (χ0n) is 14.2. The summed E-state index contributed by atoms with van der Waals surface area (Å²) in [5.74, 6) is 0.716. The Morgan fingerprint density at radius 3 is 2.58 bits per heavy atom. The normalized spacial score (nSPS) is 10.3. The molecule has 0 aliphatic heterocycles. The fourth-order valence-corrected chi connectivity index (χ4v) is 2.45. The van der Waals surface area contributed by atoms with Crippen molar-refractivity contribution >= 4 is 11.6 Å². The van der Waals surface area contributed by atoms with E-state index in [-0.39, 0.29) is 12.5 Å². The third-order valence-corrected chi connectivity index (χ3v) is 3.59. The van der Waals surface area contributed by atoms with E-state index in [1.54, 1.807) is 31.4 Å². The maximum atomic E-state index is 12.1. The second-order valence-electron chi connectivity index (χ2n) is 5.72. The summed E-state index contributed by atoms with van der Waals surface area (Å²) >= 11 is 0. The lowest BCUT2D eigenvalue weighted by atomic mass is 10.1. The number of hydrogen-bond donors (Lipinski definition) is 1. The lowest BCUT2D eigenvalue weighted by molar-refractivity contribution is -0.117. The molecule has 0 atom stereocenters.